The van der Waals surface area contributed by atoms with Gasteiger partial charge in [-0.3, -0.25) is 24.1 Å². The summed E-state index contributed by atoms with van der Waals surface area (Å²) in [7, 11) is 0. The van der Waals surface area contributed by atoms with Crippen molar-refractivity contribution in [3.05, 3.63) is 69.2 Å². The van der Waals surface area contributed by atoms with E-state index in [1.54, 1.807) is 24.3 Å². The number of benzene rings is 2. The molecule has 0 aliphatic carbocycles. The average Bonchev–Trinajstić information content (AvgIpc) is 3.48. The molecule has 200 valence electrons. The van der Waals surface area contributed by atoms with Crippen LogP contribution in [0.15, 0.2) is 47.5 Å². The summed E-state index contributed by atoms with van der Waals surface area (Å²) >= 11 is 6.54. The van der Waals surface area contributed by atoms with Crippen LogP contribution in [0.5, 0.6) is 0 Å². The summed E-state index contributed by atoms with van der Waals surface area (Å²) in [5.74, 6) is -3.25. The Labute approximate surface area is 223 Å². The number of amides is 2. The summed E-state index contributed by atoms with van der Waals surface area (Å²) in [5.41, 5.74) is 0.367. The number of rotatable bonds is 6. The van der Waals surface area contributed by atoms with Crippen molar-refractivity contribution in [3.8, 4) is 0 Å². The largest absolute Gasteiger partial charge is 0.416 e. The summed E-state index contributed by atoms with van der Waals surface area (Å²) in [6.07, 6.45) is -1.75. The minimum atomic E-state index is -4.57. The van der Waals surface area contributed by atoms with E-state index >= 15 is 0 Å². The maximum atomic E-state index is 13.5. The highest BCUT2D eigenvalue weighted by Crippen LogP contribution is 2.35. The zero-order chi connectivity index (χ0) is 27.2. The van der Waals surface area contributed by atoms with Crippen LogP contribution in [-0.2, 0) is 17.5 Å². The molecule has 0 saturated carbocycles. The first-order valence-electron chi connectivity index (χ1n) is 11.6. The Bertz CT molecular complexity index is 1460. The standard InChI is InChI=1S/C25H20ClF5N4O2S/c26-18-3-2-16(19(11-18)25(29,30)31)13-35-20-4-1-15(9-17(20)12-32-35)10-21-22(36)34(23(37)38-21)8-7-33-6-5-24(27,28)14-33/h1-4,9-12H,5-8,13-14H2. The van der Waals surface area contributed by atoms with Crippen LogP contribution < -0.4 is 0 Å². The molecule has 3 aromatic rings. The molecule has 2 aromatic carbocycles. The summed E-state index contributed by atoms with van der Waals surface area (Å²) in [5, 5.41) is 4.37. The molecule has 2 saturated heterocycles. The molecule has 0 atom stereocenters. The third-order valence-electron chi connectivity index (χ3n) is 6.42. The van der Waals surface area contributed by atoms with Gasteiger partial charge in [-0.1, -0.05) is 23.7 Å². The molecule has 0 N–H and O–H groups in total. The number of nitrogens with zero attached hydrogens (tertiary/aromatic N) is 4. The monoisotopic (exact) mass is 570 g/mol. The zero-order valence-corrected chi connectivity index (χ0v) is 21.2. The average molecular weight is 571 g/mol. The van der Waals surface area contributed by atoms with E-state index in [1.165, 1.54) is 27.9 Å². The predicted molar refractivity (Wildman–Crippen MR) is 134 cm³/mol. The fourth-order valence-corrected chi connectivity index (χ4v) is 5.55. The Hall–Kier alpha value is -2.96. The van der Waals surface area contributed by atoms with E-state index in [2.05, 4.69) is 5.10 Å². The van der Waals surface area contributed by atoms with E-state index in [0.717, 1.165) is 22.7 Å². The predicted octanol–water partition coefficient (Wildman–Crippen LogP) is 6.13. The number of aromatic nitrogens is 2. The van der Waals surface area contributed by atoms with E-state index in [0.29, 0.717) is 16.5 Å². The number of alkyl halides is 5. The van der Waals surface area contributed by atoms with Gasteiger partial charge in [0.1, 0.15) is 0 Å². The van der Waals surface area contributed by atoms with E-state index < -0.39 is 28.8 Å². The number of imide groups is 1. The normalized spacial score (nSPS) is 19.4. The molecule has 2 aliphatic heterocycles. The summed E-state index contributed by atoms with van der Waals surface area (Å²) < 4.78 is 68.7. The molecule has 13 heteroatoms. The fraction of sp³-hybridized carbons (Fsp3) is 0.320. The highest BCUT2D eigenvalue weighted by molar-refractivity contribution is 8.18. The molecule has 3 heterocycles. The van der Waals surface area contributed by atoms with Crippen LogP contribution in [0.2, 0.25) is 5.02 Å². The second kappa shape index (κ2) is 9.97. The number of carbonyl (C=O) groups is 2. The number of halogens is 6. The van der Waals surface area contributed by atoms with Gasteiger partial charge in [-0.05, 0) is 53.2 Å². The van der Waals surface area contributed by atoms with E-state index in [1.807, 2.05) is 0 Å². The van der Waals surface area contributed by atoms with E-state index in [4.69, 9.17) is 11.6 Å². The van der Waals surface area contributed by atoms with E-state index in [9.17, 15) is 31.5 Å². The Balaban J connectivity index is 1.31. The highest BCUT2D eigenvalue weighted by Gasteiger charge is 2.40. The van der Waals surface area contributed by atoms with Gasteiger partial charge in [-0.15, -0.1) is 0 Å². The number of carbonyl (C=O) groups excluding carboxylic acids is 2. The van der Waals surface area contributed by atoms with Crippen LogP contribution in [0.1, 0.15) is 23.1 Å². The van der Waals surface area contributed by atoms with Crippen LogP contribution in [0, 0.1) is 0 Å². The van der Waals surface area contributed by atoms with Crippen molar-refractivity contribution >= 4 is 51.5 Å². The smallest absolute Gasteiger partial charge is 0.295 e. The van der Waals surface area contributed by atoms with Gasteiger partial charge in [-0.25, -0.2) is 8.78 Å². The molecule has 2 aliphatic rings. The quantitative estimate of drug-likeness (QED) is 0.263. The lowest BCUT2D eigenvalue weighted by molar-refractivity contribution is -0.138. The van der Waals surface area contributed by atoms with Crippen molar-refractivity contribution in [2.24, 2.45) is 0 Å². The number of fused-ring (bicyclic) bond motifs is 1. The maximum absolute atomic E-state index is 13.5. The molecule has 1 aromatic heterocycles. The first kappa shape index (κ1) is 26.6. The molecule has 0 unspecified atom stereocenters. The lowest BCUT2D eigenvalue weighted by Crippen LogP contribution is -2.37. The van der Waals surface area contributed by atoms with Crippen molar-refractivity contribution in [2.45, 2.75) is 25.1 Å². The van der Waals surface area contributed by atoms with Gasteiger partial charge in [0.2, 0.25) is 0 Å². The zero-order valence-electron chi connectivity index (χ0n) is 19.6. The lowest BCUT2D eigenvalue weighted by atomic mass is 10.1. The molecule has 0 spiro atoms. The van der Waals surface area contributed by atoms with Crippen LogP contribution >= 0.6 is 23.4 Å². The van der Waals surface area contributed by atoms with Crippen molar-refractivity contribution in [3.63, 3.8) is 0 Å². The van der Waals surface area contributed by atoms with Crippen LogP contribution in [-0.4, -0.2) is 62.8 Å². The van der Waals surface area contributed by atoms with Gasteiger partial charge in [-0.2, -0.15) is 18.3 Å². The molecular formula is C25H20ClF5N4O2S. The molecule has 6 nitrogen and oxygen atoms in total. The molecule has 5 rings (SSSR count). The maximum Gasteiger partial charge on any atom is 0.416 e. The minimum Gasteiger partial charge on any atom is -0.295 e. The van der Waals surface area contributed by atoms with Crippen molar-refractivity contribution in [1.29, 1.82) is 0 Å². The summed E-state index contributed by atoms with van der Waals surface area (Å²) in [4.78, 5) is 28.0. The molecule has 38 heavy (non-hydrogen) atoms. The summed E-state index contributed by atoms with van der Waals surface area (Å²) in [6.45, 7) is -0.106. The summed E-state index contributed by atoms with van der Waals surface area (Å²) in [6, 6.07) is 8.66. The van der Waals surface area contributed by atoms with E-state index in [-0.39, 0.29) is 54.6 Å². The number of likely N-dealkylation sites (tertiary alicyclic amines) is 1. The van der Waals surface area contributed by atoms with Gasteiger partial charge in [0.15, 0.2) is 0 Å². The minimum absolute atomic E-state index is 0.0157. The molecule has 0 bridgehead atoms. The Morgan fingerprint density at radius 2 is 1.89 bits per heavy atom. The first-order chi connectivity index (χ1) is 17.9. The van der Waals surface area contributed by atoms with Crippen LogP contribution in [0.4, 0.5) is 26.7 Å². The molecule has 2 amide bonds. The number of thioether (sulfide) groups is 1. The Morgan fingerprint density at radius 3 is 2.61 bits per heavy atom. The van der Waals surface area contributed by atoms with Gasteiger partial charge < -0.3 is 0 Å². The molecule has 0 radical (unpaired) electrons. The van der Waals surface area contributed by atoms with Crippen molar-refractivity contribution < 1.29 is 31.5 Å². The second-order valence-corrected chi connectivity index (χ2v) is 10.6. The molecule has 2 fully saturated rings. The molecular weight excluding hydrogens is 551 g/mol. The van der Waals surface area contributed by atoms with Crippen molar-refractivity contribution in [2.75, 3.05) is 26.2 Å². The third-order valence-corrected chi connectivity index (χ3v) is 7.57. The SMILES string of the molecule is O=C1SC(=Cc2ccc3c(cnn3Cc3ccc(Cl)cc3C(F)(F)F)c2)C(=O)N1CCN1CCC(F)(F)C1. The topological polar surface area (TPSA) is 58.4 Å². The van der Waals surface area contributed by atoms with Gasteiger partial charge in [0.05, 0.1) is 35.3 Å². The van der Waals surface area contributed by atoms with Gasteiger partial charge >= 0.3 is 6.18 Å². The Morgan fingerprint density at radius 1 is 1.11 bits per heavy atom. The number of hydrogen-bond donors (Lipinski definition) is 0. The highest BCUT2D eigenvalue weighted by atomic mass is 35.5. The van der Waals surface area contributed by atoms with Gasteiger partial charge in [0.25, 0.3) is 17.1 Å². The fourth-order valence-electron chi connectivity index (χ4n) is 4.52. The van der Waals surface area contributed by atoms with Crippen LogP contribution in [0.3, 0.4) is 0 Å². The van der Waals surface area contributed by atoms with Gasteiger partial charge in [0, 0.05) is 36.5 Å². The lowest BCUT2D eigenvalue weighted by Gasteiger charge is -2.19. The first-order valence-corrected chi connectivity index (χ1v) is 12.8. The second-order valence-electron chi connectivity index (χ2n) is 9.14. The van der Waals surface area contributed by atoms with Crippen LogP contribution in [0.25, 0.3) is 17.0 Å². The third kappa shape index (κ3) is 5.57. The van der Waals surface area contributed by atoms with Crippen molar-refractivity contribution in [1.82, 2.24) is 19.6 Å². The Kier molecular flexibility index (Phi) is 6.99. The number of hydrogen-bond acceptors (Lipinski definition) is 5.